The van der Waals surface area contributed by atoms with Gasteiger partial charge in [0, 0.05) is 12.6 Å². The second-order valence-corrected chi connectivity index (χ2v) is 5.97. The quantitative estimate of drug-likeness (QED) is 0.658. The lowest BCUT2D eigenvalue weighted by Crippen LogP contribution is -2.49. The number of carbonyl (C=O) groups is 2. The van der Waals surface area contributed by atoms with Crippen molar-refractivity contribution in [3.05, 3.63) is 0 Å². The molecule has 0 aromatic carbocycles. The third-order valence-corrected chi connectivity index (χ3v) is 3.63. The third kappa shape index (κ3) is 5.77. The van der Waals surface area contributed by atoms with Gasteiger partial charge in [0.05, 0.1) is 0 Å². The van der Waals surface area contributed by atoms with Crippen LogP contribution in [0.25, 0.3) is 0 Å². The van der Waals surface area contributed by atoms with Gasteiger partial charge in [-0.05, 0) is 45.2 Å². The lowest BCUT2D eigenvalue weighted by molar-refractivity contribution is -0.139. The molecule has 6 nitrogen and oxygen atoms in total. The summed E-state index contributed by atoms with van der Waals surface area (Å²) in [6.07, 6.45) is 2.86. The zero-order chi connectivity index (χ0) is 15.1. The molecule has 2 amide bonds. The molecule has 0 radical (unpaired) electrons. The smallest absolute Gasteiger partial charge is 0.326 e. The molecule has 1 rings (SSSR count). The summed E-state index contributed by atoms with van der Waals surface area (Å²) in [5, 5.41) is 14.4. The summed E-state index contributed by atoms with van der Waals surface area (Å²) in [6, 6.07) is -0.933. The predicted molar refractivity (Wildman–Crippen MR) is 77.7 cm³/mol. The zero-order valence-corrected chi connectivity index (χ0v) is 12.7. The summed E-state index contributed by atoms with van der Waals surface area (Å²) in [6.45, 7) is 8.65. The molecule has 0 spiro atoms. The molecule has 1 fully saturated rings. The number of hydrogen-bond acceptors (Lipinski definition) is 3. The average molecular weight is 285 g/mol. The van der Waals surface area contributed by atoms with Crippen LogP contribution >= 0.6 is 0 Å². The van der Waals surface area contributed by atoms with E-state index in [4.69, 9.17) is 5.11 Å². The maximum Gasteiger partial charge on any atom is 0.326 e. The summed E-state index contributed by atoms with van der Waals surface area (Å²) < 4.78 is 0. The van der Waals surface area contributed by atoms with Crippen molar-refractivity contribution in [1.82, 2.24) is 15.5 Å². The number of nitrogens with one attached hydrogen (secondary N) is 2. The van der Waals surface area contributed by atoms with Gasteiger partial charge in [-0.3, -0.25) is 4.90 Å². The van der Waals surface area contributed by atoms with Crippen molar-refractivity contribution in [3.63, 3.8) is 0 Å². The lowest BCUT2D eigenvalue weighted by Gasteiger charge is -2.24. The Morgan fingerprint density at radius 1 is 1.20 bits per heavy atom. The Hall–Kier alpha value is -1.30. The van der Waals surface area contributed by atoms with E-state index in [1.165, 1.54) is 12.8 Å². The fourth-order valence-corrected chi connectivity index (χ4v) is 2.45. The second-order valence-electron chi connectivity index (χ2n) is 5.97. The topological polar surface area (TPSA) is 81.7 Å². The SMILES string of the molecule is CC(C)CC(NC(=O)NCC(C)N1CCCC1)C(=O)O. The Balaban J connectivity index is 2.31. The minimum absolute atomic E-state index is 0.222. The highest BCUT2D eigenvalue weighted by molar-refractivity contribution is 5.82. The molecular formula is C14H27N3O3. The largest absolute Gasteiger partial charge is 0.480 e. The van der Waals surface area contributed by atoms with Gasteiger partial charge in [-0.2, -0.15) is 0 Å². The molecule has 0 bridgehead atoms. The number of hydrogen-bond donors (Lipinski definition) is 3. The van der Waals surface area contributed by atoms with Gasteiger partial charge in [0.15, 0.2) is 0 Å². The number of rotatable bonds is 7. The molecular weight excluding hydrogens is 258 g/mol. The van der Waals surface area contributed by atoms with E-state index >= 15 is 0 Å². The molecule has 2 atom stereocenters. The van der Waals surface area contributed by atoms with Crippen LogP contribution < -0.4 is 10.6 Å². The minimum atomic E-state index is -0.985. The molecule has 1 heterocycles. The summed E-state index contributed by atoms with van der Waals surface area (Å²) in [7, 11) is 0. The molecule has 1 saturated heterocycles. The van der Waals surface area contributed by atoms with Crippen LogP contribution in [0, 0.1) is 5.92 Å². The first-order valence-electron chi connectivity index (χ1n) is 7.41. The number of aliphatic carboxylic acids is 1. The van der Waals surface area contributed by atoms with E-state index in [9.17, 15) is 9.59 Å². The molecule has 0 aromatic heterocycles. The number of amides is 2. The predicted octanol–water partition coefficient (Wildman–Crippen LogP) is 1.27. The van der Waals surface area contributed by atoms with E-state index in [0.717, 1.165) is 13.1 Å². The molecule has 2 unspecified atom stereocenters. The first-order chi connectivity index (χ1) is 9.40. The molecule has 0 aromatic rings. The van der Waals surface area contributed by atoms with Crippen LogP contribution in [-0.2, 0) is 4.79 Å². The van der Waals surface area contributed by atoms with Gasteiger partial charge in [0.1, 0.15) is 6.04 Å². The maximum atomic E-state index is 11.8. The molecule has 20 heavy (non-hydrogen) atoms. The molecule has 3 N–H and O–H groups in total. The van der Waals surface area contributed by atoms with Crippen molar-refractivity contribution >= 4 is 12.0 Å². The number of carboxylic acids is 1. The zero-order valence-electron chi connectivity index (χ0n) is 12.7. The molecule has 1 aliphatic rings. The van der Waals surface area contributed by atoms with Crippen molar-refractivity contribution in [2.45, 2.75) is 52.1 Å². The normalized spacial score (nSPS) is 18.8. The summed E-state index contributed by atoms with van der Waals surface area (Å²) >= 11 is 0. The number of urea groups is 1. The number of nitrogens with zero attached hydrogens (tertiary/aromatic N) is 1. The van der Waals surface area contributed by atoms with Crippen molar-refractivity contribution in [1.29, 1.82) is 0 Å². The highest BCUT2D eigenvalue weighted by Gasteiger charge is 2.22. The van der Waals surface area contributed by atoms with Crippen molar-refractivity contribution < 1.29 is 14.7 Å². The van der Waals surface area contributed by atoms with Crippen LogP contribution in [0.5, 0.6) is 0 Å². The Morgan fingerprint density at radius 2 is 1.80 bits per heavy atom. The van der Waals surface area contributed by atoms with Crippen LogP contribution in [0.4, 0.5) is 4.79 Å². The lowest BCUT2D eigenvalue weighted by atomic mass is 10.0. The molecule has 6 heteroatoms. The van der Waals surface area contributed by atoms with Gasteiger partial charge in [0.2, 0.25) is 0 Å². The first kappa shape index (κ1) is 16.8. The van der Waals surface area contributed by atoms with Crippen molar-refractivity contribution in [2.75, 3.05) is 19.6 Å². The van der Waals surface area contributed by atoms with Crippen molar-refractivity contribution in [2.24, 2.45) is 5.92 Å². The van der Waals surface area contributed by atoms with Gasteiger partial charge in [-0.25, -0.2) is 9.59 Å². The van der Waals surface area contributed by atoms with Crippen molar-refractivity contribution in [3.8, 4) is 0 Å². The maximum absolute atomic E-state index is 11.8. The third-order valence-electron chi connectivity index (χ3n) is 3.63. The summed E-state index contributed by atoms with van der Waals surface area (Å²) in [5.41, 5.74) is 0. The van der Waals surface area contributed by atoms with Crippen LogP contribution in [0.1, 0.15) is 40.0 Å². The fraction of sp³-hybridized carbons (Fsp3) is 0.857. The Kier molecular flexibility index (Phi) is 6.78. The number of carboxylic acid groups (broad SMARTS) is 1. The second kappa shape index (κ2) is 8.09. The monoisotopic (exact) mass is 285 g/mol. The summed E-state index contributed by atoms with van der Waals surface area (Å²) in [5.74, 6) is -0.763. The van der Waals surface area contributed by atoms with E-state index in [-0.39, 0.29) is 12.0 Å². The Labute approximate surface area is 120 Å². The van der Waals surface area contributed by atoms with Gasteiger partial charge in [-0.15, -0.1) is 0 Å². The van der Waals surface area contributed by atoms with Crippen LogP contribution in [0.3, 0.4) is 0 Å². The Morgan fingerprint density at radius 3 is 2.30 bits per heavy atom. The van der Waals surface area contributed by atoms with Gasteiger partial charge in [-0.1, -0.05) is 13.8 Å². The Bertz CT molecular complexity index is 328. The van der Waals surface area contributed by atoms with E-state index < -0.39 is 18.0 Å². The van der Waals surface area contributed by atoms with Gasteiger partial charge < -0.3 is 15.7 Å². The number of carbonyl (C=O) groups excluding carboxylic acids is 1. The van der Waals surface area contributed by atoms with E-state index in [2.05, 4.69) is 22.5 Å². The van der Waals surface area contributed by atoms with Crippen LogP contribution in [-0.4, -0.2) is 53.7 Å². The highest BCUT2D eigenvalue weighted by Crippen LogP contribution is 2.10. The minimum Gasteiger partial charge on any atom is -0.480 e. The van der Waals surface area contributed by atoms with Crippen LogP contribution in [0.2, 0.25) is 0 Å². The van der Waals surface area contributed by atoms with Crippen LogP contribution in [0.15, 0.2) is 0 Å². The molecule has 0 aliphatic carbocycles. The van der Waals surface area contributed by atoms with Gasteiger partial charge in [0.25, 0.3) is 0 Å². The van der Waals surface area contributed by atoms with E-state index in [0.29, 0.717) is 13.0 Å². The average Bonchev–Trinajstić information content (AvgIpc) is 2.88. The standard InChI is InChI=1S/C14H27N3O3/c1-10(2)8-12(13(18)19)16-14(20)15-9-11(3)17-6-4-5-7-17/h10-12H,4-9H2,1-3H3,(H,18,19)(H2,15,16,20). The van der Waals surface area contributed by atoms with E-state index in [1.807, 2.05) is 13.8 Å². The number of likely N-dealkylation sites (tertiary alicyclic amines) is 1. The first-order valence-corrected chi connectivity index (χ1v) is 7.41. The molecule has 0 saturated carbocycles. The van der Waals surface area contributed by atoms with E-state index in [1.54, 1.807) is 0 Å². The molecule has 1 aliphatic heterocycles. The summed E-state index contributed by atoms with van der Waals surface area (Å²) in [4.78, 5) is 25.2. The fourth-order valence-electron chi connectivity index (χ4n) is 2.45. The highest BCUT2D eigenvalue weighted by atomic mass is 16.4. The van der Waals surface area contributed by atoms with Gasteiger partial charge >= 0.3 is 12.0 Å². The molecule has 116 valence electrons.